The van der Waals surface area contributed by atoms with Crippen LogP contribution in [-0.4, -0.2) is 20.6 Å². The van der Waals surface area contributed by atoms with Crippen molar-refractivity contribution in [3.63, 3.8) is 0 Å². The minimum absolute atomic E-state index is 0.00833. The number of ether oxygens (including phenoxy) is 1. The van der Waals surface area contributed by atoms with E-state index in [1.165, 1.54) is 0 Å². The van der Waals surface area contributed by atoms with Gasteiger partial charge in [-0.1, -0.05) is 30.3 Å². The quantitative estimate of drug-likeness (QED) is 0.788. The molecule has 1 atom stereocenters. The summed E-state index contributed by atoms with van der Waals surface area (Å²) >= 11 is 0. The molecule has 0 aliphatic rings. The summed E-state index contributed by atoms with van der Waals surface area (Å²) in [4.78, 5) is 0. The smallest absolute Gasteiger partial charge is 0.179 e. The molecular weight excluding hydrogens is 252 g/mol. The summed E-state index contributed by atoms with van der Waals surface area (Å²) in [5.41, 5.74) is 2.07. The van der Waals surface area contributed by atoms with Crippen molar-refractivity contribution in [3.05, 3.63) is 60.2 Å². The SMILES string of the molecule is CC(Oc1ccc(-c2nnn[nH]2)cc1)c1ccccc1. The Morgan fingerprint density at radius 1 is 1.00 bits per heavy atom. The molecule has 0 radical (unpaired) electrons. The third-order valence-electron chi connectivity index (χ3n) is 3.05. The first-order valence-corrected chi connectivity index (χ1v) is 6.39. The lowest BCUT2D eigenvalue weighted by Crippen LogP contribution is -2.02. The number of H-pyrrole nitrogens is 1. The highest BCUT2D eigenvalue weighted by Crippen LogP contribution is 2.23. The first kappa shape index (κ1) is 12.3. The van der Waals surface area contributed by atoms with Crippen molar-refractivity contribution in [1.29, 1.82) is 0 Å². The summed E-state index contributed by atoms with van der Waals surface area (Å²) in [6.07, 6.45) is 0.00833. The van der Waals surface area contributed by atoms with E-state index in [9.17, 15) is 0 Å². The molecule has 1 aromatic heterocycles. The van der Waals surface area contributed by atoms with E-state index in [-0.39, 0.29) is 6.10 Å². The zero-order valence-electron chi connectivity index (χ0n) is 11.0. The Bertz CT molecular complexity index is 650. The standard InChI is InChI=1S/C15H14N4O/c1-11(12-5-3-2-4-6-12)20-14-9-7-13(8-10-14)15-16-18-19-17-15/h2-11H,1H3,(H,16,17,18,19). The van der Waals surface area contributed by atoms with E-state index in [1.807, 2.05) is 49.4 Å². The van der Waals surface area contributed by atoms with Gasteiger partial charge in [-0.15, -0.1) is 5.10 Å². The molecule has 3 aromatic rings. The lowest BCUT2D eigenvalue weighted by molar-refractivity contribution is 0.227. The van der Waals surface area contributed by atoms with Crippen LogP contribution < -0.4 is 4.74 Å². The molecule has 100 valence electrons. The van der Waals surface area contributed by atoms with Crippen molar-refractivity contribution in [2.24, 2.45) is 0 Å². The highest BCUT2D eigenvalue weighted by molar-refractivity contribution is 5.55. The first-order chi connectivity index (χ1) is 9.83. The van der Waals surface area contributed by atoms with Crippen molar-refractivity contribution >= 4 is 0 Å². The maximum Gasteiger partial charge on any atom is 0.179 e. The summed E-state index contributed by atoms with van der Waals surface area (Å²) in [7, 11) is 0. The van der Waals surface area contributed by atoms with E-state index in [0.29, 0.717) is 5.82 Å². The zero-order chi connectivity index (χ0) is 13.8. The lowest BCUT2D eigenvalue weighted by atomic mass is 10.1. The van der Waals surface area contributed by atoms with Crippen LogP contribution in [0.2, 0.25) is 0 Å². The molecule has 0 spiro atoms. The van der Waals surface area contributed by atoms with Crippen LogP contribution in [0.1, 0.15) is 18.6 Å². The maximum atomic E-state index is 5.91. The lowest BCUT2D eigenvalue weighted by Gasteiger charge is -2.15. The minimum atomic E-state index is 0.00833. The van der Waals surface area contributed by atoms with Gasteiger partial charge in [-0.05, 0) is 47.2 Å². The molecule has 0 fully saturated rings. The number of nitrogens with zero attached hydrogens (tertiary/aromatic N) is 3. The Morgan fingerprint density at radius 2 is 1.75 bits per heavy atom. The molecule has 0 aliphatic carbocycles. The number of hydrogen-bond donors (Lipinski definition) is 1. The molecule has 1 heterocycles. The van der Waals surface area contributed by atoms with E-state index < -0.39 is 0 Å². The van der Waals surface area contributed by atoms with Gasteiger partial charge in [-0.2, -0.15) is 0 Å². The number of aromatic nitrogens is 4. The van der Waals surface area contributed by atoms with Gasteiger partial charge in [0.15, 0.2) is 5.82 Å². The predicted molar refractivity (Wildman–Crippen MR) is 75.1 cm³/mol. The Morgan fingerprint density at radius 3 is 2.40 bits per heavy atom. The number of tetrazole rings is 1. The zero-order valence-corrected chi connectivity index (χ0v) is 11.0. The number of nitrogens with one attached hydrogen (secondary N) is 1. The summed E-state index contributed by atoms with van der Waals surface area (Å²) in [5.74, 6) is 1.46. The summed E-state index contributed by atoms with van der Waals surface area (Å²) in [5, 5.41) is 13.7. The highest BCUT2D eigenvalue weighted by Gasteiger charge is 2.07. The number of aromatic amines is 1. The second-order valence-electron chi connectivity index (χ2n) is 4.44. The topological polar surface area (TPSA) is 63.7 Å². The number of hydrogen-bond acceptors (Lipinski definition) is 4. The van der Waals surface area contributed by atoms with Gasteiger partial charge in [0.25, 0.3) is 0 Å². The Kier molecular flexibility index (Phi) is 3.41. The largest absolute Gasteiger partial charge is 0.486 e. The molecular formula is C15H14N4O. The van der Waals surface area contributed by atoms with Crippen molar-refractivity contribution < 1.29 is 4.74 Å². The molecule has 5 heteroatoms. The fourth-order valence-electron chi connectivity index (χ4n) is 1.97. The predicted octanol–water partition coefficient (Wildman–Crippen LogP) is 3.01. The molecule has 1 unspecified atom stereocenters. The molecule has 5 nitrogen and oxygen atoms in total. The molecule has 0 aliphatic heterocycles. The van der Waals surface area contributed by atoms with Gasteiger partial charge >= 0.3 is 0 Å². The molecule has 20 heavy (non-hydrogen) atoms. The van der Waals surface area contributed by atoms with Crippen LogP contribution in [0.15, 0.2) is 54.6 Å². The van der Waals surface area contributed by atoms with Crippen molar-refractivity contribution in [2.75, 3.05) is 0 Å². The van der Waals surface area contributed by atoms with Crippen molar-refractivity contribution in [2.45, 2.75) is 13.0 Å². The van der Waals surface area contributed by atoms with Gasteiger partial charge < -0.3 is 4.74 Å². The molecule has 0 bridgehead atoms. The van der Waals surface area contributed by atoms with E-state index in [0.717, 1.165) is 16.9 Å². The summed E-state index contributed by atoms with van der Waals surface area (Å²) < 4.78 is 5.91. The molecule has 3 rings (SSSR count). The van der Waals surface area contributed by atoms with Crippen LogP contribution in [0.5, 0.6) is 5.75 Å². The average molecular weight is 266 g/mol. The second kappa shape index (κ2) is 5.52. The Labute approximate surface area is 116 Å². The molecule has 2 aromatic carbocycles. The van der Waals surface area contributed by atoms with E-state index in [2.05, 4.69) is 32.8 Å². The van der Waals surface area contributed by atoms with Gasteiger partial charge in [0.2, 0.25) is 0 Å². The third kappa shape index (κ3) is 2.66. The molecule has 1 N–H and O–H groups in total. The van der Waals surface area contributed by atoms with Gasteiger partial charge in [-0.3, -0.25) is 0 Å². The van der Waals surface area contributed by atoms with Gasteiger partial charge in [-0.25, -0.2) is 5.10 Å². The van der Waals surface area contributed by atoms with Crippen LogP contribution in [0.3, 0.4) is 0 Å². The monoisotopic (exact) mass is 266 g/mol. The first-order valence-electron chi connectivity index (χ1n) is 6.39. The van der Waals surface area contributed by atoms with E-state index >= 15 is 0 Å². The van der Waals surface area contributed by atoms with Gasteiger partial charge in [0.05, 0.1) is 0 Å². The van der Waals surface area contributed by atoms with Crippen LogP contribution in [0, 0.1) is 0 Å². The third-order valence-corrected chi connectivity index (χ3v) is 3.05. The fraction of sp³-hybridized carbons (Fsp3) is 0.133. The van der Waals surface area contributed by atoms with Crippen LogP contribution in [0.25, 0.3) is 11.4 Å². The van der Waals surface area contributed by atoms with E-state index in [1.54, 1.807) is 0 Å². The second-order valence-corrected chi connectivity index (χ2v) is 4.44. The summed E-state index contributed by atoms with van der Waals surface area (Å²) in [6.45, 7) is 2.03. The number of benzene rings is 2. The molecule has 0 amide bonds. The maximum absolute atomic E-state index is 5.91. The Balaban J connectivity index is 1.72. The van der Waals surface area contributed by atoms with Gasteiger partial charge in [0.1, 0.15) is 11.9 Å². The molecule has 0 saturated heterocycles. The van der Waals surface area contributed by atoms with Crippen LogP contribution in [-0.2, 0) is 0 Å². The Hall–Kier alpha value is -2.69. The number of rotatable bonds is 4. The van der Waals surface area contributed by atoms with Gasteiger partial charge in [0, 0.05) is 5.56 Å². The minimum Gasteiger partial charge on any atom is -0.486 e. The summed E-state index contributed by atoms with van der Waals surface area (Å²) in [6, 6.07) is 17.8. The average Bonchev–Trinajstić information content (AvgIpc) is 3.03. The highest BCUT2D eigenvalue weighted by atomic mass is 16.5. The van der Waals surface area contributed by atoms with Crippen molar-refractivity contribution in [3.8, 4) is 17.1 Å². The van der Waals surface area contributed by atoms with Crippen molar-refractivity contribution in [1.82, 2.24) is 20.6 Å². The van der Waals surface area contributed by atoms with Crippen LogP contribution in [0.4, 0.5) is 0 Å². The van der Waals surface area contributed by atoms with Crippen LogP contribution >= 0.6 is 0 Å². The fourth-order valence-corrected chi connectivity index (χ4v) is 1.97. The van der Waals surface area contributed by atoms with E-state index in [4.69, 9.17) is 4.74 Å². The molecule has 0 saturated carbocycles. The normalized spacial score (nSPS) is 12.1.